The maximum absolute atomic E-state index is 5.38. The standard InChI is InChI=1S/C22H32N4O2S/c1-16(26-11-8-21-18(15-26)9-12-29-21)14-25-22(23-2)24-10-7-17-5-6-19(27-3)20(13-17)28-4/h5-6,9,12-13,16H,7-8,10-11,14-15H2,1-4H3,(H2,23,24,25). The normalized spacial score (nSPS) is 15.5. The molecule has 29 heavy (non-hydrogen) atoms. The molecule has 0 spiro atoms. The Hall–Kier alpha value is -2.25. The Morgan fingerprint density at radius 1 is 1.21 bits per heavy atom. The van der Waals surface area contributed by atoms with Crippen molar-refractivity contribution in [2.45, 2.75) is 32.4 Å². The lowest BCUT2D eigenvalue weighted by Gasteiger charge is -2.32. The van der Waals surface area contributed by atoms with E-state index in [1.165, 1.54) is 11.1 Å². The van der Waals surface area contributed by atoms with Crippen LogP contribution in [-0.4, -0.2) is 57.8 Å². The molecule has 2 aromatic rings. The number of rotatable bonds is 8. The Balaban J connectivity index is 1.43. The van der Waals surface area contributed by atoms with Crippen LogP contribution in [0.2, 0.25) is 0 Å². The zero-order valence-corrected chi connectivity index (χ0v) is 18.6. The van der Waals surface area contributed by atoms with E-state index >= 15 is 0 Å². The predicted molar refractivity (Wildman–Crippen MR) is 121 cm³/mol. The first-order valence-electron chi connectivity index (χ1n) is 10.1. The number of thiophene rings is 1. The van der Waals surface area contributed by atoms with Gasteiger partial charge in [-0.3, -0.25) is 9.89 Å². The lowest BCUT2D eigenvalue weighted by Crippen LogP contribution is -2.47. The Labute approximate surface area is 177 Å². The number of nitrogens with one attached hydrogen (secondary N) is 2. The van der Waals surface area contributed by atoms with Crippen LogP contribution in [0.15, 0.2) is 34.6 Å². The molecule has 2 N–H and O–H groups in total. The smallest absolute Gasteiger partial charge is 0.191 e. The highest BCUT2D eigenvalue weighted by Gasteiger charge is 2.21. The topological polar surface area (TPSA) is 58.1 Å². The van der Waals surface area contributed by atoms with E-state index in [1.54, 1.807) is 19.1 Å². The number of benzene rings is 1. The molecule has 0 fully saturated rings. The zero-order valence-electron chi connectivity index (χ0n) is 17.8. The summed E-state index contributed by atoms with van der Waals surface area (Å²) in [6.07, 6.45) is 2.04. The van der Waals surface area contributed by atoms with Crippen LogP contribution in [0.5, 0.6) is 11.5 Å². The van der Waals surface area contributed by atoms with Gasteiger partial charge >= 0.3 is 0 Å². The highest BCUT2D eigenvalue weighted by molar-refractivity contribution is 7.10. The second-order valence-electron chi connectivity index (χ2n) is 7.26. The van der Waals surface area contributed by atoms with E-state index < -0.39 is 0 Å². The molecule has 1 unspecified atom stereocenters. The van der Waals surface area contributed by atoms with E-state index in [0.717, 1.165) is 56.5 Å². The van der Waals surface area contributed by atoms with Gasteiger partial charge in [0.15, 0.2) is 17.5 Å². The number of fused-ring (bicyclic) bond motifs is 1. The van der Waals surface area contributed by atoms with E-state index in [-0.39, 0.29) is 0 Å². The minimum Gasteiger partial charge on any atom is -0.493 e. The van der Waals surface area contributed by atoms with Crippen molar-refractivity contribution >= 4 is 17.3 Å². The van der Waals surface area contributed by atoms with Gasteiger partial charge in [-0.1, -0.05) is 6.07 Å². The molecule has 6 nitrogen and oxygen atoms in total. The number of nitrogens with zero attached hydrogens (tertiary/aromatic N) is 2. The van der Waals surface area contributed by atoms with Gasteiger partial charge in [-0.25, -0.2) is 0 Å². The summed E-state index contributed by atoms with van der Waals surface area (Å²) in [5.74, 6) is 2.35. The van der Waals surface area contributed by atoms with Crippen molar-refractivity contribution in [2.24, 2.45) is 4.99 Å². The lowest BCUT2D eigenvalue weighted by molar-refractivity contribution is 0.192. The van der Waals surface area contributed by atoms with Gasteiger partial charge < -0.3 is 20.1 Å². The van der Waals surface area contributed by atoms with E-state index in [9.17, 15) is 0 Å². The summed E-state index contributed by atoms with van der Waals surface area (Å²) in [5, 5.41) is 9.08. The molecule has 2 heterocycles. The molecule has 1 aromatic heterocycles. The fourth-order valence-corrected chi connectivity index (χ4v) is 4.49. The fraction of sp³-hybridized carbons (Fsp3) is 0.500. The SMILES string of the molecule is CN=C(NCCc1ccc(OC)c(OC)c1)NCC(C)N1CCc2sccc2C1. The average Bonchev–Trinajstić information content (AvgIpc) is 3.23. The predicted octanol–water partition coefficient (Wildman–Crippen LogP) is 2.92. The van der Waals surface area contributed by atoms with E-state index in [4.69, 9.17) is 9.47 Å². The summed E-state index contributed by atoms with van der Waals surface area (Å²) in [5.41, 5.74) is 2.68. The Kier molecular flexibility index (Phi) is 7.77. The zero-order chi connectivity index (χ0) is 20.6. The van der Waals surface area contributed by atoms with Crippen LogP contribution < -0.4 is 20.1 Å². The number of aliphatic imine (C=N–C) groups is 1. The van der Waals surface area contributed by atoms with Crippen LogP contribution in [0.25, 0.3) is 0 Å². The summed E-state index contributed by atoms with van der Waals surface area (Å²) < 4.78 is 10.7. The van der Waals surface area contributed by atoms with Gasteiger partial charge in [0.1, 0.15) is 0 Å². The van der Waals surface area contributed by atoms with Crippen LogP contribution in [-0.2, 0) is 19.4 Å². The lowest BCUT2D eigenvalue weighted by atomic mass is 10.1. The molecule has 1 aromatic carbocycles. The molecular formula is C22H32N4O2S. The maximum atomic E-state index is 5.38. The summed E-state index contributed by atoms with van der Waals surface area (Å²) in [7, 11) is 5.13. The van der Waals surface area contributed by atoms with Gasteiger partial charge in [0.2, 0.25) is 0 Å². The van der Waals surface area contributed by atoms with Crippen molar-refractivity contribution < 1.29 is 9.47 Å². The van der Waals surface area contributed by atoms with E-state index in [1.807, 2.05) is 30.5 Å². The van der Waals surface area contributed by atoms with Gasteiger partial charge in [0, 0.05) is 44.1 Å². The van der Waals surface area contributed by atoms with Gasteiger partial charge in [0.25, 0.3) is 0 Å². The fourth-order valence-electron chi connectivity index (χ4n) is 3.60. The highest BCUT2D eigenvalue weighted by Crippen LogP contribution is 2.27. The Morgan fingerprint density at radius 3 is 2.79 bits per heavy atom. The molecule has 0 saturated carbocycles. The molecule has 7 heteroatoms. The van der Waals surface area contributed by atoms with Crippen molar-refractivity contribution in [1.82, 2.24) is 15.5 Å². The summed E-state index contributed by atoms with van der Waals surface area (Å²) in [4.78, 5) is 8.45. The van der Waals surface area contributed by atoms with Gasteiger partial charge in [0.05, 0.1) is 14.2 Å². The van der Waals surface area contributed by atoms with Crippen molar-refractivity contribution in [3.8, 4) is 11.5 Å². The van der Waals surface area contributed by atoms with E-state index in [0.29, 0.717) is 6.04 Å². The second-order valence-corrected chi connectivity index (χ2v) is 8.26. The number of methoxy groups -OCH3 is 2. The molecule has 1 atom stereocenters. The minimum absolute atomic E-state index is 0.451. The monoisotopic (exact) mass is 416 g/mol. The third-order valence-electron chi connectivity index (χ3n) is 5.40. The largest absolute Gasteiger partial charge is 0.493 e. The average molecular weight is 417 g/mol. The maximum Gasteiger partial charge on any atom is 0.191 e. The molecule has 158 valence electrons. The number of guanidine groups is 1. The first-order chi connectivity index (χ1) is 14.1. The molecule has 0 amide bonds. The van der Waals surface area contributed by atoms with Crippen LogP contribution in [0, 0.1) is 0 Å². The summed E-state index contributed by atoms with van der Waals surface area (Å²) >= 11 is 1.89. The number of hydrogen-bond acceptors (Lipinski definition) is 5. The van der Waals surface area contributed by atoms with Crippen LogP contribution in [0.4, 0.5) is 0 Å². The molecule has 3 rings (SSSR count). The summed E-state index contributed by atoms with van der Waals surface area (Å²) in [6, 6.07) is 8.75. The number of hydrogen-bond donors (Lipinski definition) is 2. The van der Waals surface area contributed by atoms with Crippen molar-refractivity contribution in [3.63, 3.8) is 0 Å². The van der Waals surface area contributed by atoms with Crippen molar-refractivity contribution in [2.75, 3.05) is 40.9 Å². The van der Waals surface area contributed by atoms with Crippen molar-refractivity contribution in [1.29, 1.82) is 0 Å². The molecule has 1 aliphatic heterocycles. The summed E-state index contributed by atoms with van der Waals surface area (Å²) in [6.45, 7) is 6.12. The first kappa shape index (κ1) is 21.5. The van der Waals surface area contributed by atoms with Crippen molar-refractivity contribution in [3.05, 3.63) is 45.6 Å². The van der Waals surface area contributed by atoms with Crippen LogP contribution in [0.3, 0.4) is 0 Å². The van der Waals surface area contributed by atoms with Crippen LogP contribution in [0.1, 0.15) is 22.9 Å². The van der Waals surface area contributed by atoms with Gasteiger partial charge in [-0.05, 0) is 54.5 Å². The molecule has 0 saturated heterocycles. The Bertz CT molecular complexity index is 821. The molecule has 0 bridgehead atoms. The minimum atomic E-state index is 0.451. The van der Waals surface area contributed by atoms with Crippen LogP contribution >= 0.6 is 11.3 Å². The van der Waals surface area contributed by atoms with E-state index in [2.05, 4.69) is 45.0 Å². The molecule has 0 radical (unpaired) electrons. The third-order valence-corrected chi connectivity index (χ3v) is 6.43. The van der Waals surface area contributed by atoms with Gasteiger partial charge in [-0.2, -0.15) is 0 Å². The van der Waals surface area contributed by atoms with Gasteiger partial charge in [-0.15, -0.1) is 11.3 Å². The molecule has 0 aliphatic carbocycles. The molecule has 1 aliphatic rings. The highest BCUT2D eigenvalue weighted by atomic mass is 32.1. The third kappa shape index (κ3) is 5.64. The second kappa shape index (κ2) is 10.5. The first-order valence-corrected chi connectivity index (χ1v) is 11.0. The quantitative estimate of drug-likeness (QED) is 0.512. The number of ether oxygens (including phenoxy) is 2. The Morgan fingerprint density at radius 2 is 2.03 bits per heavy atom. The molecular weight excluding hydrogens is 384 g/mol.